The molecule has 1 atom stereocenters. The summed E-state index contributed by atoms with van der Waals surface area (Å²) in [5, 5.41) is 3.68. The summed E-state index contributed by atoms with van der Waals surface area (Å²) < 4.78 is 0. The van der Waals surface area contributed by atoms with Crippen LogP contribution in [0.1, 0.15) is 53.6 Å². The Morgan fingerprint density at radius 3 is 2.69 bits per heavy atom. The average Bonchev–Trinajstić information content (AvgIpc) is 2.67. The third-order valence-corrected chi connectivity index (χ3v) is 3.90. The lowest BCUT2D eigenvalue weighted by molar-refractivity contribution is 0.527. The summed E-state index contributed by atoms with van der Waals surface area (Å²) in [6.07, 6.45) is 3.75. The van der Waals surface area contributed by atoms with Crippen LogP contribution in [0.4, 0.5) is 0 Å². The Morgan fingerprint density at radius 1 is 1.25 bits per heavy atom. The monoisotopic (exact) mass is 217 g/mol. The fourth-order valence-electron chi connectivity index (χ4n) is 2.93. The molecule has 1 unspecified atom stereocenters. The summed E-state index contributed by atoms with van der Waals surface area (Å²) in [4.78, 5) is 0. The molecule has 1 N–H and O–H groups in total. The molecule has 0 bridgehead atoms. The summed E-state index contributed by atoms with van der Waals surface area (Å²) in [6.45, 7) is 10.1. The second-order valence-electron chi connectivity index (χ2n) is 5.07. The van der Waals surface area contributed by atoms with Crippen LogP contribution in [0, 0.1) is 20.8 Å². The Labute approximate surface area is 99.3 Å². The van der Waals surface area contributed by atoms with Crippen LogP contribution in [-0.2, 0) is 6.42 Å². The number of hydrogen-bond donors (Lipinski definition) is 1. The Bertz CT molecular complexity index is 393. The first kappa shape index (κ1) is 11.7. The van der Waals surface area contributed by atoms with Crippen LogP contribution in [0.15, 0.2) is 6.07 Å². The van der Waals surface area contributed by atoms with Crippen molar-refractivity contribution in [2.75, 3.05) is 6.54 Å². The number of aryl methyl sites for hydroxylation is 2. The lowest BCUT2D eigenvalue weighted by Crippen LogP contribution is -2.20. The van der Waals surface area contributed by atoms with Crippen LogP contribution in [0.5, 0.6) is 0 Å². The van der Waals surface area contributed by atoms with E-state index < -0.39 is 0 Å². The van der Waals surface area contributed by atoms with Gasteiger partial charge in [0.1, 0.15) is 0 Å². The standard InChI is InChI=1S/C15H23N/c1-5-8-16-14-7-6-13-11(3)9-10(2)12(4)15(13)14/h9,14,16H,5-8H2,1-4H3. The molecule has 0 radical (unpaired) electrons. The van der Waals surface area contributed by atoms with Crippen molar-refractivity contribution in [3.8, 4) is 0 Å². The quantitative estimate of drug-likeness (QED) is 0.815. The van der Waals surface area contributed by atoms with Crippen molar-refractivity contribution in [1.82, 2.24) is 5.32 Å². The summed E-state index contributed by atoms with van der Waals surface area (Å²) in [6, 6.07) is 2.95. The molecule has 1 nitrogen and oxygen atoms in total. The topological polar surface area (TPSA) is 12.0 Å². The van der Waals surface area contributed by atoms with E-state index in [2.05, 4.69) is 39.1 Å². The SMILES string of the molecule is CCCNC1CCc2c(C)cc(C)c(C)c21. The smallest absolute Gasteiger partial charge is 0.0328 e. The summed E-state index contributed by atoms with van der Waals surface area (Å²) in [7, 11) is 0. The zero-order valence-electron chi connectivity index (χ0n) is 11.0. The van der Waals surface area contributed by atoms with Crippen molar-refractivity contribution in [1.29, 1.82) is 0 Å². The summed E-state index contributed by atoms with van der Waals surface area (Å²) >= 11 is 0. The fourth-order valence-corrected chi connectivity index (χ4v) is 2.93. The van der Waals surface area contributed by atoms with Crippen LogP contribution in [0.2, 0.25) is 0 Å². The van der Waals surface area contributed by atoms with Gasteiger partial charge in [0.25, 0.3) is 0 Å². The van der Waals surface area contributed by atoms with Gasteiger partial charge >= 0.3 is 0 Å². The molecular weight excluding hydrogens is 194 g/mol. The molecule has 0 spiro atoms. The normalized spacial score (nSPS) is 18.9. The minimum Gasteiger partial charge on any atom is -0.310 e. The maximum absolute atomic E-state index is 3.68. The molecule has 1 aromatic rings. The Morgan fingerprint density at radius 2 is 2.00 bits per heavy atom. The Hall–Kier alpha value is -0.820. The van der Waals surface area contributed by atoms with E-state index in [1.165, 1.54) is 36.0 Å². The first-order chi connectivity index (χ1) is 7.65. The van der Waals surface area contributed by atoms with Crippen molar-refractivity contribution in [2.45, 2.75) is 53.0 Å². The van der Waals surface area contributed by atoms with E-state index in [1.807, 2.05) is 0 Å². The van der Waals surface area contributed by atoms with E-state index in [4.69, 9.17) is 0 Å². The molecule has 0 fully saturated rings. The molecule has 0 saturated heterocycles. The Balaban J connectivity index is 2.37. The number of benzene rings is 1. The van der Waals surface area contributed by atoms with Crippen molar-refractivity contribution in [3.05, 3.63) is 33.9 Å². The van der Waals surface area contributed by atoms with Crippen LogP contribution in [0.3, 0.4) is 0 Å². The average molecular weight is 217 g/mol. The molecule has 0 amide bonds. The third kappa shape index (κ3) is 1.89. The van der Waals surface area contributed by atoms with E-state index in [-0.39, 0.29) is 0 Å². The largest absolute Gasteiger partial charge is 0.310 e. The molecule has 88 valence electrons. The maximum atomic E-state index is 3.68. The van der Waals surface area contributed by atoms with Gasteiger partial charge in [0.15, 0.2) is 0 Å². The van der Waals surface area contributed by atoms with Crippen LogP contribution >= 0.6 is 0 Å². The molecule has 1 aliphatic rings. The second kappa shape index (κ2) is 4.58. The highest BCUT2D eigenvalue weighted by molar-refractivity contribution is 5.49. The lowest BCUT2D eigenvalue weighted by Gasteiger charge is -2.18. The van der Waals surface area contributed by atoms with Crippen LogP contribution in [-0.4, -0.2) is 6.54 Å². The predicted molar refractivity (Wildman–Crippen MR) is 70.0 cm³/mol. The summed E-state index contributed by atoms with van der Waals surface area (Å²) in [5.41, 5.74) is 7.65. The highest BCUT2D eigenvalue weighted by Gasteiger charge is 2.25. The van der Waals surface area contributed by atoms with E-state index in [0.29, 0.717) is 6.04 Å². The van der Waals surface area contributed by atoms with E-state index >= 15 is 0 Å². The molecule has 16 heavy (non-hydrogen) atoms. The van der Waals surface area contributed by atoms with Gasteiger partial charge in [-0.15, -0.1) is 0 Å². The van der Waals surface area contributed by atoms with Gasteiger partial charge in [-0.05, 0) is 74.4 Å². The second-order valence-corrected chi connectivity index (χ2v) is 5.07. The van der Waals surface area contributed by atoms with Crippen molar-refractivity contribution in [2.24, 2.45) is 0 Å². The molecule has 1 aliphatic carbocycles. The first-order valence-corrected chi connectivity index (χ1v) is 6.48. The molecule has 0 heterocycles. The van der Waals surface area contributed by atoms with Crippen LogP contribution < -0.4 is 5.32 Å². The highest BCUT2D eigenvalue weighted by Crippen LogP contribution is 2.37. The zero-order valence-corrected chi connectivity index (χ0v) is 11.0. The molecule has 0 aliphatic heterocycles. The first-order valence-electron chi connectivity index (χ1n) is 6.48. The molecule has 1 heteroatoms. The molecule has 1 aromatic carbocycles. The number of hydrogen-bond acceptors (Lipinski definition) is 1. The predicted octanol–water partition coefficient (Wildman–Crippen LogP) is 3.60. The highest BCUT2D eigenvalue weighted by atomic mass is 14.9. The number of fused-ring (bicyclic) bond motifs is 1. The van der Waals surface area contributed by atoms with Gasteiger partial charge in [0, 0.05) is 6.04 Å². The fraction of sp³-hybridized carbons (Fsp3) is 0.600. The van der Waals surface area contributed by atoms with Crippen molar-refractivity contribution < 1.29 is 0 Å². The Kier molecular flexibility index (Phi) is 3.34. The van der Waals surface area contributed by atoms with Gasteiger partial charge in [0.2, 0.25) is 0 Å². The number of nitrogens with one attached hydrogen (secondary N) is 1. The minimum absolute atomic E-state index is 0.605. The van der Waals surface area contributed by atoms with Gasteiger partial charge in [-0.2, -0.15) is 0 Å². The van der Waals surface area contributed by atoms with Gasteiger partial charge in [-0.25, -0.2) is 0 Å². The van der Waals surface area contributed by atoms with Gasteiger partial charge in [0.05, 0.1) is 0 Å². The van der Waals surface area contributed by atoms with E-state index in [1.54, 1.807) is 11.1 Å². The van der Waals surface area contributed by atoms with Crippen molar-refractivity contribution in [3.63, 3.8) is 0 Å². The molecule has 0 aromatic heterocycles. The molecular formula is C15H23N. The minimum atomic E-state index is 0.605. The maximum Gasteiger partial charge on any atom is 0.0328 e. The third-order valence-electron chi connectivity index (χ3n) is 3.90. The lowest BCUT2D eigenvalue weighted by atomic mass is 9.94. The van der Waals surface area contributed by atoms with Gasteiger partial charge in [-0.1, -0.05) is 13.0 Å². The number of rotatable bonds is 3. The van der Waals surface area contributed by atoms with Crippen molar-refractivity contribution >= 4 is 0 Å². The van der Waals surface area contributed by atoms with E-state index in [0.717, 1.165) is 6.54 Å². The van der Waals surface area contributed by atoms with Crippen LogP contribution in [0.25, 0.3) is 0 Å². The molecule has 0 saturated carbocycles. The zero-order chi connectivity index (χ0) is 11.7. The van der Waals surface area contributed by atoms with E-state index in [9.17, 15) is 0 Å². The van der Waals surface area contributed by atoms with Gasteiger partial charge < -0.3 is 5.32 Å². The molecule has 2 rings (SSSR count). The van der Waals surface area contributed by atoms with Gasteiger partial charge in [-0.3, -0.25) is 0 Å². The summed E-state index contributed by atoms with van der Waals surface area (Å²) in [5.74, 6) is 0.